The number of nitrogens with two attached hydrogens (primary N) is 1. The van der Waals surface area contributed by atoms with Gasteiger partial charge in [-0.1, -0.05) is 6.42 Å². The van der Waals surface area contributed by atoms with Crippen LogP contribution in [0.2, 0.25) is 0 Å². The van der Waals surface area contributed by atoms with Crippen LogP contribution in [-0.2, 0) is 11.0 Å². The molecule has 0 aliphatic heterocycles. The molecule has 2 atom stereocenters. The molecule has 3 nitrogen and oxygen atoms in total. The second-order valence-electron chi connectivity index (χ2n) is 5.21. The topological polar surface area (TPSA) is 55.1 Å². The molecule has 1 saturated carbocycles. The number of hydrogen-bond acceptors (Lipinski definition) is 2. The Morgan fingerprint density at radius 3 is 2.67 bits per heavy atom. The Morgan fingerprint density at radius 2 is 2.05 bits per heavy atom. The first kappa shape index (κ1) is 15.8. The van der Waals surface area contributed by atoms with E-state index < -0.39 is 17.6 Å². The first-order chi connectivity index (χ1) is 9.82. The molecule has 0 aromatic heterocycles. The van der Waals surface area contributed by atoms with Gasteiger partial charge in [0.25, 0.3) is 0 Å². The fourth-order valence-corrected chi connectivity index (χ4v) is 2.72. The van der Waals surface area contributed by atoms with Gasteiger partial charge in [0, 0.05) is 11.6 Å². The maximum absolute atomic E-state index is 13.2. The van der Waals surface area contributed by atoms with E-state index in [-0.39, 0.29) is 23.4 Å². The predicted octanol–water partition coefficient (Wildman–Crippen LogP) is 3.16. The van der Waals surface area contributed by atoms with Crippen molar-refractivity contribution in [3.8, 4) is 0 Å². The largest absolute Gasteiger partial charge is 0.419 e. The highest BCUT2D eigenvalue weighted by Gasteiger charge is 2.35. The molecule has 1 aromatic rings. The molecular weight excluding hydrogens is 288 g/mol. The van der Waals surface area contributed by atoms with Crippen molar-refractivity contribution in [2.24, 2.45) is 17.6 Å². The number of benzene rings is 1. The first-order valence-electron chi connectivity index (χ1n) is 6.70. The van der Waals surface area contributed by atoms with Crippen molar-refractivity contribution in [2.75, 3.05) is 11.9 Å². The summed E-state index contributed by atoms with van der Waals surface area (Å²) < 4.78 is 51.0. The number of carbonyl (C=O) groups is 1. The van der Waals surface area contributed by atoms with Crippen LogP contribution >= 0.6 is 0 Å². The Labute approximate surface area is 119 Å². The molecule has 1 fully saturated rings. The third-order valence-corrected chi connectivity index (χ3v) is 3.84. The molecule has 0 spiro atoms. The fraction of sp³-hybridized carbons (Fsp3) is 0.500. The number of hydrogen-bond donors (Lipinski definition) is 2. The van der Waals surface area contributed by atoms with Crippen molar-refractivity contribution in [3.63, 3.8) is 0 Å². The van der Waals surface area contributed by atoms with Gasteiger partial charge in [0.1, 0.15) is 5.82 Å². The van der Waals surface area contributed by atoms with Crippen molar-refractivity contribution in [2.45, 2.75) is 25.4 Å². The lowest BCUT2D eigenvalue weighted by atomic mass is 9.95. The van der Waals surface area contributed by atoms with Gasteiger partial charge in [0.2, 0.25) is 5.91 Å². The molecule has 1 aliphatic rings. The molecule has 1 amide bonds. The van der Waals surface area contributed by atoms with E-state index in [2.05, 4.69) is 5.32 Å². The minimum absolute atomic E-state index is 0.0486. The van der Waals surface area contributed by atoms with E-state index in [1.54, 1.807) is 0 Å². The average Bonchev–Trinajstić information content (AvgIpc) is 2.88. The van der Waals surface area contributed by atoms with Crippen molar-refractivity contribution in [1.29, 1.82) is 0 Å². The van der Waals surface area contributed by atoms with E-state index >= 15 is 0 Å². The lowest BCUT2D eigenvalue weighted by Gasteiger charge is -2.18. The van der Waals surface area contributed by atoms with Gasteiger partial charge in [-0.25, -0.2) is 4.39 Å². The Bertz CT molecular complexity index is 530. The number of amides is 1. The smallest absolute Gasteiger partial charge is 0.330 e. The summed E-state index contributed by atoms with van der Waals surface area (Å²) in [7, 11) is 0. The minimum Gasteiger partial charge on any atom is -0.330 e. The van der Waals surface area contributed by atoms with Crippen LogP contribution in [0.4, 0.5) is 23.2 Å². The lowest BCUT2D eigenvalue weighted by Crippen LogP contribution is -2.29. The first-order valence-corrected chi connectivity index (χ1v) is 6.70. The number of alkyl halides is 3. The van der Waals surface area contributed by atoms with Crippen LogP contribution in [0.5, 0.6) is 0 Å². The number of carbonyl (C=O) groups excluding carboxylic acids is 1. The van der Waals surface area contributed by atoms with Gasteiger partial charge in [-0.15, -0.1) is 0 Å². The monoisotopic (exact) mass is 304 g/mol. The number of nitrogens with one attached hydrogen (secondary N) is 1. The molecule has 0 bridgehead atoms. The van der Waals surface area contributed by atoms with E-state index in [0.29, 0.717) is 25.1 Å². The molecule has 1 aromatic carbocycles. The van der Waals surface area contributed by atoms with E-state index in [9.17, 15) is 22.4 Å². The zero-order chi connectivity index (χ0) is 15.6. The van der Waals surface area contributed by atoms with Crippen LogP contribution in [-0.4, -0.2) is 12.5 Å². The summed E-state index contributed by atoms with van der Waals surface area (Å²) in [6, 6.07) is 2.43. The SMILES string of the molecule is NC[C@H]1CCC[C@H]1C(=O)Nc1ccc(F)c(C(F)(F)F)c1. The Kier molecular flexibility index (Phi) is 4.51. The highest BCUT2D eigenvalue weighted by Crippen LogP contribution is 2.34. The maximum atomic E-state index is 13.2. The van der Waals surface area contributed by atoms with Crippen LogP contribution in [0.1, 0.15) is 24.8 Å². The van der Waals surface area contributed by atoms with Gasteiger partial charge >= 0.3 is 6.18 Å². The summed E-state index contributed by atoms with van der Waals surface area (Å²) in [5.41, 5.74) is 4.13. The number of halogens is 4. The van der Waals surface area contributed by atoms with Crippen molar-refractivity contribution >= 4 is 11.6 Å². The summed E-state index contributed by atoms with van der Waals surface area (Å²) in [6.45, 7) is 0.370. The molecule has 0 unspecified atom stereocenters. The van der Waals surface area contributed by atoms with Crippen LogP contribution in [0, 0.1) is 17.7 Å². The molecule has 7 heteroatoms. The summed E-state index contributed by atoms with van der Waals surface area (Å²) in [5, 5.41) is 2.43. The second kappa shape index (κ2) is 6.01. The average molecular weight is 304 g/mol. The standard InChI is InChI=1S/C14H16F4N2O/c15-12-5-4-9(6-11(12)14(16,17)18)20-13(21)10-3-1-2-8(10)7-19/h4-6,8,10H,1-3,7,19H2,(H,20,21)/t8-,10-/m1/s1. The minimum atomic E-state index is -4.79. The molecule has 0 radical (unpaired) electrons. The van der Waals surface area contributed by atoms with Crippen LogP contribution < -0.4 is 11.1 Å². The summed E-state index contributed by atoms with van der Waals surface area (Å²) in [6.07, 6.45) is -2.41. The normalized spacial score (nSPS) is 22.3. The second-order valence-corrected chi connectivity index (χ2v) is 5.21. The van der Waals surface area contributed by atoms with Crippen molar-refractivity contribution in [3.05, 3.63) is 29.6 Å². The quantitative estimate of drug-likeness (QED) is 0.843. The van der Waals surface area contributed by atoms with E-state index in [1.165, 1.54) is 0 Å². The number of rotatable bonds is 3. The molecule has 116 valence electrons. The van der Waals surface area contributed by atoms with Gasteiger partial charge in [-0.3, -0.25) is 4.79 Å². The Hall–Kier alpha value is -1.63. The van der Waals surface area contributed by atoms with E-state index in [1.807, 2.05) is 0 Å². The Morgan fingerprint density at radius 1 is 1.33 bits per heavy atom. The molecule has 21 heavy (non-hydrogen) atoms. The molecule has 0 saturated heterocycles. The number of anilines is 1. The fourth-order valence-electron chi connectivity index (χ4n) is 2.72. The van der Waals surface area contributed by atoms with E-state index in [4.69, 9.17) is 5.73 Å². The van der Waals surface area contributed by atoms with Gasteiger partial charge < -0.3 is 11.1 Å². The van der Waals surface area contributed by atoms with Crippen LogP contribution in [0.25, 0.3) is 0 Å². The van der Waals surface area contributed by atoms with Gasteiger partial charge in [0.15, 0.2) is 0 Å². The lowest BCUT2D eigenvalue weighted by molar-refractivity contribution is -0.140. The van der Waals surface area contributed by atoms with E-state index in [0.717, 1.165) is 18.9 Å². The molecule has 1 aliphatic carbocycles. The third-order valence-electron chi connectivity index (χ3n) is 3.84. The summed E-state index contributed by atoms with van der Waals surface area (Å²) in [5.74, 6) is -1.97. The highest BCUT2D eigenvalue weighted by molar-refractivity contribution is 5.93. The zero-order valence-electron chi connectivity index (χ0n) is 11.2. The molecule has 2 rings (SSSR count). The van der Waals surface area contributed by atoms with Crippen LogP contribution in [0.3, 0.4) is 0 Å². The Balaban J connectivity index is 2.15. The maximum Gasteiger partial charge on any atom is 0.419 e. The summed E-state index contributed by atoms with van der Waals surface area (Å²) >= 11 is 0. The zero-order valence-corrected chi connectivity index (χ0v) is 11.2. The van der Waals surface area contributed by atoms with Crippen molar-refractivity contribution in [1.82, 2.24) is 0 Å². The molecule has 0 heterocycles. The molecule has 3 N–H and O–H groups in total. The highest BCUT2D eigenvalue weighted by atomic mass is 19.4. The van der Waals surface area contributed by atoms with Gasteiger partial charge in [0.05, 0.1) is 5.56 Å². The van der Waals surface area contributed by atoms with Gasteiger partial charge in [-0.05, 0) is 43.5 Å². The predicted molar refractivity (Wildman–Crippen MR) is 69.9 cm³/mol. The van der Waals surface area contributed by atoms with Crippen molar-refractivity contribution < 1.29 is 22.4 Å². The van der Waals surface area contributed by atoms with Gasteiger partial charge in [-0.2, -0.15) is 13.2 Å². The molecular formula is C14H16F4N2O. The van der Waals surface area contributed by atoms with Crippen LogP contribution in [0.15, 0.2) is 18.2 Å². The third kappa shape index (κ3) is 3.53. The summed E-state index contributed by atoms with van der Waals surface area (Å²) in [4.78, 5) is 12.1.